The topological polar surface area (TPSA) is 81.1 Å². The molecule has 0 saturated heterocycles. The summed E-state index contributed by atoms with van der Waals surface area (Å²) < 4.78 is 1.61. The van der Waals surface area contributed by atoms with Gasteiger partial charge in [-0.1, -0.05) is 0 Å². The van der Waals surface area contributed by atoms with Crippen LogP contribution in [0, 0.1) is 0 Å². The number of carboxylic acid groups (broad SMARTS) is 1. The molecule has 1 atom stereocenters. The quantitative estimate of drug-likeness (QED) is 0.716. The van der Waals surface area contributed by atoms with Crippen LogP contribution in [0.3, 0.4) is 0 Å². The third-order valence-electron chi connectivity index (χ3n) is 1.53. The molecule has 1 heterocycles. The van der Waals surface area contributed by atoms with Crippen LogP contribution in [0.25, 0.3) is 0 Å². The van der Waals surface area contributed by atoms with Crippen LogP contribution in [0.4, 0.5) is 0 Å². The fourth-order valence-corrected chi connectivity index (χ4v) is 0.919. The van der Waals surface area contributed by atoms with E-state index in [0.717, 1.165) is 5.56 Å². The molecule has 0 aromatic carbocycles. The maximum absolute atomic E-state index is 10.4. The second-order valence-corrected chi connectivity index (χ2v) is 2.67. The molecule has 0 spiro atoms. The van der Waals surface area contributed by atoms with Gasteiger partial charge in [-0.2, -0.15) is 5.10 Å². The molecule has 0 radical (unpaired) electrons. The number of aromatic nitrogens is 2. The lowest BCUT2D eigenvalue weighted by Crippen LogP contribution is -2.32. The first kappa shape index (κ1) is 11.9. The highest BCUT2D eigenvalue weighted by molar-refractivity contribution is 5.85. The first-order valence-electron chi connectivity index (χ1n) is 3.55. The van der Waals surface area contributed by atoms with E-state index in [-0.39, 0.29) is 12.4 Å². The molecule has 1 aromatic rings. The molecule has 6 heteroatoms. The summed E-state index contributed by atoms with van der Waals surface area (Å²) in [5, 5.41) is 12.4. The lowest BCUT2D eigenvalue weighted by molar-refractivity contribution is -0.138. The molecule has 0 fully saturated rings. The number of hydrogen-bond donors (Lipinski definition) is 2. The van der Waals surface area contributed by atoms with Gasteiger partial charge in [0.2, 0.25) is 0 Å². The van der Waals surface area contributed by atoms with Crippen LogP contribution in [0.15, 0.2) is 12.4 Å². The molecular weight excluding hydrogens is 194 g/mol. The molecule has 0 aliphatic carbocycles. The molecule has 0 aliphatic rings. The highest BCUT2D eigenvalue weighted by Crippen LogP contribution is 1.99. The summed E-state index contributed by atoms with van der Waals surface area (Å²) in [6.45, 7) is 0. The monoisotopic (exact) mass is 205 g/mol. The third kappa shape index (κ3) is 3.43. The van der Waals surface area contributed by atoms with Crippen molar-refractivity contribution in [1.82, 2.24) is 9.78 Å². The fourth-order valence-electron chi connectivity index (χ4n) is 0.919. The van der Waals surface area contributed by atoms with Crippen LogP contribution in [0.2, 0.25) is 0 Å². The van der Waals surface area contributed by atoms with Gasteiger partial charge < -0.3 is 10.8 Å². The Morgan fingerprint density at radius 2 is 2.46 bits per heavy atom. The summed E-state index contributed by atoms with van der Waals surface area (Å²) in [4.78, 5) is 10.4. The number of nitrogens with zero attached hydrogens (tertiary/aromatic N) is 2. The molecular formula is C7H12ClN3O2. The summed E-state index contributed by atoms with van der Waals surface area (Å²) in [6.07, 6.45) is 3.69. The zero-order chi connectivity index (χ0) is 9.14. The lowest BCUT2D eigenvalue weighted by atomic mass is 10.1. The minimum absolute atomic E-state index is 0. The Balaban J connectivity index is 0.00000144. The van der Waals surface area contributed by atoms with E-state index in [1.54, 1.807) is 24.1 Å². The Morgan fingerprint density at radius 1 is 1.85 bits per heavy atom. The highest BCUT2D eigenvalue weighted by Gasteiger charge is 2.12. The fraction of sp³-hybridized carbons (Fsp3) is 0.429. The smallest absolute Gasteiger partial charge is 0.320 e. The number of rotatable bonds is 3. The molecule has 1 rings (SSSR count). The molecule has 0 bridgehead atoms. The molecule has 1 aromatic heterocycles. The van der Waals surface area contributed by atoms with Crippen LogP contribution in [0.5, 0.6) is 0 Å². The number of hydrogen-bond acceptors (Lipinski definition) is 3. The van der Waals surface area contributed by atoms with Gasteiger partial charge in [0, 0.05) is 19.7 Å². The number of nitrogens with two attached hydrogens (primary N) is 1. The number of halogens is 1. The summed E-state index contributed by atoms with van der Waals surface area (Å²) in [5.74, 6) is -0.987. The summed E-state index contributed by atoms with van der Waals surface area (Å²) in [7, 11) is 1.77. The maximum Gasteiger partial charge on any atom is 0.320 e. The molecule has 3 N–H and O–H groups in total. The van der Waals surface area contributed by atoms with E-state index < -0.39 is 12.0 Å². The van der Waals surface area contributed by atoms with Gasteiger partial charge in [0.05, 0.1) is 6.20 Å². The van der Waals surface area contributed by atoms with E-state index in [0.29, 0.717) is 6.42 Å². The van der Waals surface area contributed by atoms with Crippen LogP contribution < -0.4 is 5.73 Å². The van der Waals surface area contributed by atoms with Crippen molar-refractivity contribution in [2.45, 2.75) is 12.5 Å². The normalized spacial score (nSPS) is 11.8. The predicted octanol–water partition coefficient (Wildman–Crippen LogP) is -0.204. The second kappa shape index (κ2) is 4.84. The number of aryl methyl sites for hydroxylation is 1. The van der Waals surface area contributed by atoms with Gasteiger partial charge in [-0.3, -0.25) is 9.48 Å². The minimum atomic E-state index is -0.987. The van der Waals surface area contributed by atoms with E-state index in [2.05, 4.69) is 5.10 Å². The largest absolute Gasteiger partial charge is 0.480 e. The van der Waals surface area contributed by atoms with Crippen molar-refractivity contribution in [3.63, 3.8) is 0 Å². The minimum Gasteiger partial charge on any atom is -0.480 e. The van der Waals surface area contributed by atoms with Crippen LogP contribution in [-0.4, -0.2) is 26.9 Å². The zero-order valence-electron chi connectivity index (χ0n) is 7.17. The lowest BCUT2D eigenvalue weighted by Gasteiger charge is -2.02. The van der Waals surface area contributed by atoms with Gasteiger partial charge in [-0.15, -0.1) is 12.4 Å². The van der Waals surface area contributed by atoms with Crippen molar-refractivity contribution in [1.29, 1.82) is 0 Å². The predicted molar refractivity (Wildman–Crippen MR) is 49.8 cm³/mol. The maximum atomic E-state index is 10.4. The Labute approximate surface area is 81.9 Å². The van der Waals surface area contributed by atoms with Gasteiger partial charge in [-0.25, -0.2) is 0 Å². The van der Waals surface area contributed by atoms with E-state index in [4.69, 9.17) is 10.8 Å². The van der Waals surface area contributed by atoms with Gasteiger partial charge in [0.15, 0.2) is 0 Å². The Morgan fingerprint density at radius 3 is 2.85 bits per heavy atom. The average molecular weight is 206 g/mol. The number of carbonyl (C=O) groups is 1. The molecule has 0 saturated carbocycles. The molecule has 1 unspecified atom stereocenters. The molecule has 0 amide bonds. The van der Waals surface area contributed by atoms with Crippen LogP contribution >= 0.6 is 12.4 Å². The third-order valence-corrected chi connectivity index (χ3v) is 1.53. The first-order chi connectivity index (χ1) is 5.59. The molecule has 74 valence electrons. The summed E-state index contributed by atoms with van der Waals surface area (Å²) in [6, 6.07) is -0.839. The zero-order valence-corrected chi connectivity index (χ0v) is 7.99. The van der Waals surface area contributed by atoms with E-state index in [1.165, 1.54) is 0 Å². The van der Waals surface area contributed by atoms with Gasteiger partial charge in [-0.05, 0) is 5.56 Å². The number of aliphatic carboxylic acids is 1. The van der Waals surface area contributed by atoms with E-state index >= 15 is 0 Å². The molecule has 13 heavy (non-hydrogen) atoms. The van der Waals surface area contributed by atoms with Crippen molar-refractivity contribution < 1.29 is 9.90 Å². The van der Waals surface area contributed by atoms with Gasteiger partial charge in [0.1, 0.15) is 6.04 Å². The van der Waals surface area contributed by atoms with Crippen LogP contribution in [-0.2, 0) is 18.3 Å². The van der Waals surface area contributed by atoms with Crippen molar-refractivity contribution in [3.8, 4) is 0 Å². The van der Waals surface area contributed by atoms with Crippen molar-refractivity contribution in [3.05, 3.63) is 18.0 Å². The van der Waals surface area contributed by atoms with E-state index in [9.17, 15) is 4.79 Å². The van der Waals surface area contributed by atoms with Gasteiger partial charge >= 0.3 is 5.97 Å². The van der Waals surface area contributed by atoms with Crippen molar-refractivity contribution in [2.75, 3.05) is 0 Å². The Bertz CT molecular complexity index is 287. The Kier molecular flexibility index (Phi) is 4.44. The number of carboxylic acids is 1. The summed E-state index contributed by atoms with van der Waals surface area (Å²) in [5.41, 5.74) is 6.16. The SMILES string of the molecule is Cl.Cn1cc(CC(N)C(=O)O)cn1. The van der Waals surface area contributed by atoms with Crippen LogP contribution in [0.1, 0.15) is 5.56 Å². The average Bonchev–Trinajstić information content (AvgIpc) is 2.35. The Hall–Kier alpha value is -1.07. The standard InChI is InChI=1S/C7H11N3O2.ClH/c1-10-4-5(3-9-10)2-6(8)7(11)12;/h3-4,6H,2,8H2,1H3,(H,11,12);1H. The highest BCUT2D eigenvalue weighted by atomic mass is 35.5. The van der Waals surface area contributed by atoms with E-state index in [1.807, 2.05) is 0 Å². The molecule has 0 aliphatic heterocycles. The van der Waals surface area contributed by atoms with Crippen molar-refractivity contribution in [2.24, 2.45) is 12.8 Å². The first-order valence-corrected chi connectivity index (χ1v) is 3.55. The molecule has 5 nitrogen and oxygen atoms in total. The van der Waals surface area contributed by atoms with Crippen molar-refractivity contribution >= 4 is 18.4 Å². The summed E-state index contributed by atoms with van der Waals surface area (Å²) >= 11 is 0. The van der Waals surface area contributed by atoms with Gasteiger partial charge in [0.25, 0.3) is 0 Å². The second-order valence-electron chi connectivity index (χ2n) is 2.67.